The van der Waals surface area contributed by atoms with Gasteiger partial charge in [-0.2, -0.15) is 0 Å². The zero-order valence-electron chi connectivity index (χ0n) is 13.7. The molecule has 2 rings (SSSR count). The van der Waals surface area contributed by atoms with Gasteiger partial charge in [0.25, 0.3) is 0 Å². The van der Waals surface area contributed by atoms with Gasteiger partial charge in [-0.05, 0) is 28.4 Å². The molecule has 1 aliphatic rings. The van der Waals surface area contributed by atoms with Gasteiger partial charge in [0.2, 0.25) is 0 Å². The van der Waals surface area contributed by atoms with Gasteiger partial charge in [-0.3, -0.25) is 0 Å². The summed E-state index contributed by atoms with van der Waals surface area (Å²) in [4.78, 5) is 0. The lowest BCUT2D eigenvalue weighted by molar-refractivity contribution is 0.253. The summed E-state index contributed by atoms with van der Waals surface area (Å²) in [6, 6.07) is 6.54. The van der Waals surface area contributed by atoms with E-state index in [4.69, 9.17) is 9.47 Å². The molecule has 20 heavy (non-hydrogen) atoms. The number of hydrogen-bond acceptors (Lipinski definition) is 2. The highest BCUT2D eigenvalue weighted by atomic mass is 16.6. The van der Waals surface area contributed by atoms with Crippen LogP contribution in [0, 0.1) is 5.41 Å². The Labute approximate surface area is 123 Å². The maximum atomic E-state index is 6.14. The Hall–Kier alpha value is -1.02. The maximum Gasteiger partial charge on any atom is 0.126 e. The minimum absolute atomic E-state index is 0.0909. The Morgan fingerprint density at radius 3 is 2.30 bits per heavy atom. The third-order valence-electron chi connectivity index (χ3n) is 3.44. The predicted octanol–water partition coefficient (Wildman–Crippen LogP) is 4.35. The summed E-state index contributed by atoms with van der Waals surface area (Å²) in [5, 5.41) is 0. The van der Waals surface area contributed by atoms with Crippen LogP contribution in [0.5, 0.6) is 5.75 Å². The topological polar surface area (TPSA) is 21.8 Å². The molecule has 1 aromatic carbocycles. The van der Waals surface area contributed by atoms with Gasteiger partial charge >= 0.3 is 0 Å². The molecule has 0 N–H and O–H groups in total. The fraction of sp³-hybridized carbons (Fsp3) is 0.667. The zero-order chi connectivity index (χ0) is 15.0. The lowest BCUT2D eigenvalue weighted by Crippen LogP contribution is -2.18. The molecule has 1 saturated heterocycles. The van der Waals surface area contributed by atoms with Crippen LogP contribution in [-0.4, -0.2) is 19.3 Å². The van der Waals surface area contributed by atoms with E-state index in [1.807, 2.05) is 0 Å². The van der Waals surface area contributed by atoms with Crippen molar-refractivity contribution in [1.29, 1.82) is 0 Å². The molecule has 0 bridgehead atoms. The van der Waals surface area contributed by atoms with Gasteiger partial charge in [0.1, 0.15) is 18.5 Å². The van der Waals surface area contributed by atoms with Crippen LogP contribution in [0.1, 0.15) is 52.7 Å². The molecular formula is C18H28O2. The molecule has 0 radical (unpaired) electrons. The molecule has 1 atom stereocenters. The van der Waals surface area contributed by atoms with E-state index in [1.54, 1.807) is 0 Å². The fourth-order valence-corrected chi connectivity index (χ4v) is 2.40. The minimum atomic E-state index is 0.0909. The van der Waals surface area contributed by atoms with Crippen LogP contribution in [0.2, 0.25) is 0 Å². The first-order valence-corrected chi connectivity index (χ1v) is 7.53. The van der Waals surface area contributed by atoms with Crippen molar-refractivity contribution in [2.24, 2.45) is 5.41 Å². The van der Waals surface area contributed by atoms with E-state index in [2.05, 4.69) is 59.7 Å². The number of rotatable bonds is 4. The van der Waals surface area contributed by atoms with Crippen molar-refractivity contribution >= 4 is 0 Å². The van der Waals surface area contributed by atoms with E-state index in [0.29, 0.717) is 12.7 Å². The zero-order valence-corrected chi connectivity index (χ0v) is 13.7. The molecule has 1 heterocycles. The summed E-state index contributed by atoms with van der Waals surface area (Å²) >= 11 is 0. The minimum Gasteiger partial charge on any atom is -0.490 e. The molecule has 0 aromatic heterocycles. The number of ether oxygens (including phenoxy) is 2. The maximum absolute atomic E-state index is 6.14. The highest BCUT2D eigenvalue weighted by molar-refractivity contribution is 5.45. The summed E-state index contributed by atoms with van der Waals surface area (Å²) in [6.45, 7) is 15.0. The van der Waals surface area contributed by atoms with Gasteiger partial charge in [-0.25, -0.2) is 0 Å². The second-order valence-electron chi connectivity index (χ2n) is 8.05. The monoisotopic (exact) mass is 276 g/mol. The third kappa shape index (κ3) is 4.24. The molecular weight excluding hydrogens is 248 g/mol. The molecule has 112 valence electrons. The van der Waals surface area contributed by atoms with Crippen LogP contribution in [-0.2, 0) is 16.6 Å². The highest BCUT2D eigenvalue weighted by Gasteiger charge is 2.27. The van der Waals surface area contributed by atoms with Gasteiger partial charge in [0, 0.05) is 0 Å². The largest absolute Gasteiger partial charge is 0.490 e. The van der Waals surface area contributed by atoms with E-state index in [9.17, 15) is 0 Å². The van der Waals surface area contributed by atoms with Crippen LogP contribution in [0.4, 0.5) is 0 Å². The van der Waals surface area contributed by atoms with Gasteiger partial charge in [-0.1, -0.05) is 59.7 Å². The molecule has 1 aliphatic heterocycles. The Bertz CT molecular complexity index is 459. The van der Waals surface area contributed by atoms with Gasteiger partial charge in [0.15, 0.2) is 0 Å². The van der Waals surface area contributed by atoms with Crippen LogP contribution >= 0.6 is 0 Å². The molecule has 0 saturated carbocycles. The third-order valence-corrected chi connectivity index (χ3v) is 3.44. The van der Waals surface area contributed by atoms with Gasteiger partial charge in [-0.15, -0.1) is 0 Å². The molecule has 0 aliphatic carbocycles. The van der Waals surface area contributed by atoms with Gasteiger partial charge < -0.3 is 9.47 Å². The van der Waals surface area contributed by atoms with E-state index in [-0.39, 0.29) is 10.8 Å². The first-order valence-electron chi connectivity index (χ1n) is 7.53. The summed E-state index contributed by atoms with van der Waals surface area (Å²) in [5.41, 5.74) is 2.95. The Morgan fingerprint density at radius 1 is 1.15 bits per heavy atom. The van der Waals surface area contributed by atoms with Crippen molar-refractivity contribution in [1.82, 2.24) is 0 Å². The van der Waals surface area contributed by atoms with Gasteiger partial charge in [0.05, 0.1) is 6.61 Å². The predicted molar refractivity (Wildman–Crippen MR) is 83.5 cm³/mol. The summed E-state index contributed by atoms with van der Waals surface area (Å²) < 4.78 is 11.4. The number of hydrogen-bond donors (Lipinski definition) is 0. The summed E-state index contributed by atoms with van der Waals surface area (Å²) in [5.74, 6) is 1.07. The van der Waals surface area contributed by atoms with Crippen LogP contribution in [0.25, 0.3) is 0 Å². The standard InChI is InChI=1S/C18H28O2/c1-17(2,3)10-13-8-7-9-15(18(4,5)6)16(13)20-12-14-11-19-14/h7-9,14H,10-12H2,1-6H3. The summed E-state index contributed by atoms with van der Waals surface area (Å²) in [7, 11) is 0. The summed E-state index contributed by atoms with van der Waals surface area (Å²) in [6.07, 6.45) is 1.32. The lowest BCUT2D eigenvalue weighted by atomic mass is 9.82. The van der Waals surface area contributed by atoms with E-state index in [1.165, 1.54) is 11.1 Å². The Morgan fingerprint density at radius 2 is 1.80 bits per heavy atom. The molecule has 1 fully saturated rings. The first-order chi connectivity index (χ1) is 9.17. The normalized spacial score (nSPS) is 19.0. The second kappa shape index (κ2) is 5.40. The van der Waals surface area contributed by atoms with Crippen molar-refractivity contribution in [3.63, 3.8) is 0 Å². The van der Waals surface area contributed by atoms with E-state index in [0.717, 1.165) is 18.8 Å². The average molecular weight is 276 g/mol. The molecule has 0 spiro atoms. The van der Waals surface area contributed by atoms with Crippen LogP contribution in [0.3, 0.4) is 0 Å². The number of para-hydroxylation sites is 1. The fourth-order valence-electron chi connectivity index (χ4n) is 2.40. The van der Waals surface area contributed by atoms with Crippen molar-refractivity contribution in [2.75, 3.05) is 13.2 Å². The van der Waals surface area contributed by atoms with Crippen molar-refractivity contribution in [3.05, 3.63) is 29.3 Å². The quantitative estimate of drug-likeness (QED) is 0.763. The molecule has 1 unspecified atom stereocenters. The smallest absolute Gasteiger partial charge is 0.126 e. The SMILES string of the molecule is CC(C)(C)Cc1cccc(C(C)(C)C)c1OCC1CO1. The number of benzene rings is 1. The average Bonchev–Trinajstić information content (AvgIpc) is 3.07. The van der Waals surface area contributed by atoms with Crippen molar-refractivity contribution in [3.8, 4) is 5.75 Å². The first kappa shape index (κ1) is 15.4. The Kier molecular flexibility index (Phi) is 4.15. The Balaban J connectivity index is 2.32. The molecule has 1 aromatic rings. The van der Waals surface area contributed by atoms with Crippen LogP contribution in [0.15, 0.2) is 18.2 Å². The van der Waals surface area contributed by atoms with E-state index >= 15 is 0 Å². The molecule has 2 nitrogen and oxygen atoms in total. The second-order valence-corrected chi connectivity index (χ2v) is 8.05. The number of epoxide rings is 1. The highest BCUT2D eigenvalue weighted by Crippen LogP contribution is 2.37. The van der Waals surface area contributed by atoms with Crippen molar-refractivity contribution < 1.29 is 9.47 Å². The van der Waals surface area contributed by atoms with Crippen LogP contribution < -0.4 is 4.74 Å². The molecule has 2 heteroatoms. The van der Waals surface area contributed by atoms with Crippen molar-refractivity contribution in [2.45, 2.75) is 59.5 Å². The lowest BCUT2D eigenvalue weighted by Gasteiger charge is -2.27. The molecule has 0 amide bonds. The van der Waals surface area contributed by atoms with E-state index < -0.39 is 0 Å².